The van der Waals surface area contributed by atoms with Crippen molar-refractivity contribution < 1.29 is 19.4 Å². The van der Waals surface area contributed by atoms with Crippen molar-refractivity contribution in [2.24, 2.45) is 0 Å². The molecule has 1 fully saturated rings. The van der Waals surface area contributed by atoms with Crippen molar-refractivity contribution in [2.45, 2.75) is 20.0 Å². The number of hydrogen-bond donors (Lipinski definition) is 0. The molecular formula is C20H15BrNO4S2-. The van der Waals surface area contributed by atoms with Gasteiger partial charge in [0.05, 0.1) is 27.1 Å². The lowest BCUT2D eigenvalue weighted by Gasteiger charge is -2.15. The molecule has 28 heavy (non-hydrogen) atoms. The summed E-state index contributed by atoms with van der Waals surface area (Å²) in [6.07, 6.45) is 1.79. The molecule has 5 nitrogen and oxygen atoms in total. The number of nitrogens with zero attached hydrogens (tertiary/aromatic N) is 1. The van der Waals surface area contributed by atoms with Crippen LogP contribution in [0, 0.1) is 0 Å². The number of anilines is 1. The third-order valence-corrected chi connectivity index (χ3v) is 5.67. The number of carbonyl (C=O) groups excluding carboxylic acids is 2. The summed E-state index contributed by atoms with van der Waals surface area (Å²) in [5, 5.41) is 11.1. The monoisotopic (exact) mass is 476 g/mol. The summed E-state index contributed by atoms with van der Waals surface area (Å²) in [7, 11) is 0. The summed E-state index contributed by atoms with van der Waals surface area (Å²) in [4.78, 5) is 25.7. The van der Waals surface area contributed by atoms with Crippen LogP contribution < -0.4 is 14.7 Å². The van der Waals surface area contributed by atoms with Crippen LogP contribution in [-0.2, 0) is 4.79 Å². The average Bonchev–Trinajstić information content (AvgIpc) is 2.90. The standard InChI is InChI=1S/C20H16BrNO4S2/c1-11(2)26-16-7-6-12(8-15(16)21)9-17-18(23)22(20(27)28-17)14-5-3-4-13(10-14)19(24)25/h3-11H,1-2H3,(H,24,25)/p-1/b17-9+. The van der Waals surface area contributed by atoms with Crippen LogP contribution in [0.25, 0.3) is 6.08 Å². The minimum absolute atomic E-state index is 0.0137. The van der Waals surface area contributed by atoms with Crippen molar-refractivity contribution >= 4 is 67.9 Å². The van der Waals surface area contributed by atoms with E-state index in [1.54, 1.807) is 18.2 Å². The largest absolute Gasteiger partial charge is 0.545 e. The van der Waals surface area contributed by atoms with Gasteiger partial charge in [0.2, 0.25) is 0 Å². The Balaban J connectivity index is 1.88. The molecule has 0 N–H and O–H groups in total. The smallest absolute Gasteiger partial charge is 0.270 e. The first-order valence-electron chi connectivity index (χ1n) is 8.32. The maximum absolute atomic E-state index is 12.8. The molecular weight excluding hydrogens is 462 g/mol. The van der Waals surface area contributed by atoms with Crippen LogP contribution in [0.2, 0.25) is 0 Å². The van der Waals surface area contributed by atoms with Gasteiger partial charge >= 0.3 is 0 Å². The zero-order valence-electron chi connectivity index (χ0n) is 15.0. The highest BCUT2D eigenvalue weighted by molar-refractivity contribution is 9.10. The van der Waals surface area contributed by atoms with Gasteiger partial charge in [0, 0.05) is 0 Å². The van der Waals surface area contributed by atoms with Crippen molar-refractivity contribution in [1.82, 2.24) is 0 Å². The van der Waals surface area contributed by atoms with Gasteiger partial charge in [-0.15, -0.1) is 0 Å². The van der Waals surface area contributed by atoms with Crippen LogP contribution in [0.1, 0.15) is 29.8 Å². The van der Waals surface area contributed by atoms with E-state index >= 15 is 0 Å². The van der Waals surface area contributed by atoms with E-state index in [4.69, 9.17) is 17.0 Å². The van der Waals surface area contributed by atoms with E-state index in [1.165, 1.54) is 28.8 Å². The highest BCUT2D eigenvalue weighted by atomic mass is 79.9. The number of benzene rings is 2. The second kappa shape index (κ2) is 8.46. The number of carboxylic acid groups (broad SMARTS) is 1. The minimum atomic E-state index is -1.31. The van der Waals surface area contributed by atoms with Gasteiger partial charge in [-0.05, 0) is 71.2 Å². The zero-order chi connectivity index (χ0) is 20.4. The number of halogens is 1. The molecule has 0 bridgehead atoms. The van der Waals surface area contributed by atoms with E-state index < -0.39 is 5.97 Å². The number of hydrogen-bond acceptors (Lipinski definition) is 6. The molecule has 3 rings (SSSR count). The van der Waals surface area contributed by atoms with Gasteiger partial charge in [0.15, 0.2) is 4.32 Å². The Labute approximate surface area is 180 Å². The molecule has 1 aliphatic rings. The van der Waals surface area contributed by atoms with Crippen molar-refractivity contribution in [3.8, 4) is 5.75 Å². The van der Waals surface area contributed by atoms with Crippen molar-refractivity contribution in [1.29, 1.82) is 0 Å². The number of thiocarbonyl (C=S) groups is 1. The normalized spacial score (nSPS) is 15.6. The highest BCUT2D eigenvalue weighted by Crippen LogP contribution is 2.37. The molecule has 0 atom stereocenters. The van der Waals surface area contributed by atoms with Crippen molar-refractivity contribution in [3.63, 3.8) is 0 Å². The van der Waals surface area contributed by atoms with E-state index in [-0.39, 0.29) is 17.6 Å². The first kappa shape index (κ1) is 20.6. The molecule has 0 aromatic heterocycles. The van der Waals surface area contributed by atoms with Gasteiger partial charge in [0.25, 0.3) is 5.91 Å². The van der Waals surface area contributed by atoms with Gasteiger partial charge < -0.3 is 14.6 Å². The lowest BCUT2D eigenvalue weighted by molar-refractivity contribution is -0.255. The summed E-state index contributed by atoms with van der Waals surface area (Å²) in [6.45, 7) is 3.89. The van der Waals surface area contributed by atoms with E-state index in [0.717, 1.165) is 15.8 Å². The maximum Gasteiger partial charge on any atom is 0.270 e. The van der Waals surface area contributed by atoms with E-state index in [0.29, 0.717) is 14.9 Å². The number of amides is 1. The quantitative estimate of drug-likeness (QED) is 0.479. The SMILES string of the molecule is CC(C)Oc1ccc(/C=C2/SC(=S)N(c3cccc(C(=O)[O-])c3)C2=O)cc1Br. The number of thioether (sulfide) groups is 1. The van der Waals surface area contributed by atoms with Gasteiger partial charge in [-0.3, -0.25) is 9.69 Å². The molecule has 1 amide bonds. The fourth-order valence-corrected chi connectivity index (χ4v) is 4.36. The minimum Gasteiger partial charge on any atom is -0.545 e. The van der Waals surface area contributed by atoms with Crippen LogP contribution in [0.15, 0.2) is 51.8 Å². The molecule has 0 aliphatic carbocycles. The first-order valence-corrected chi connectivity index (χ1v) is 10.3. The number of carbonyl (C=O) groups is 2. The topological polar surface area (TPSA) is 69.7 Å². The fraction of sp³-hybridized carbons (Fsp3) is 0.150. The number of carboxylic acids is 1. The van der Waals surface area contributed by atoms with Crippen molar-refractivity contribution in [3.05, 3.63) is 63.0 Å². The second-order valence-electron chi connectivity index (χ2n) is 6.21. The number of aromatic carboxylic acids is 1. The van der Waals surface area contributed by atoms with Crippen LogP contribution in [-0.4, -0.2) is 22.3 Å². The molecule has 0 radical (unpaired) electrons. The predicted molar refractivity (Wildman–Crippen MR) is 116 cm³/mol. The molecule has 0 unspecified atom stereocenters. The Kier molecular flexibility index (Phi) is 6.22. The Morgan fingerprint density at radius 1 is 1.29 bits per heavy atom. The van der Waals surface area contributed by atoms with E-state index in [1.807, 2.05) is 32.0 Å². The summed E-state index contributed by atoms with van der Waals surface area (Å²) in [5.74, 6) is -0.890. The molecule has 1 aliphatic heterocycles. The Morgan fingerprint density at radius 3 is 2.68 bits per heavy atom. The maximum atomic E-state index is 12.8. The third kappa shape index (κ3) is 4.45. The first-order chi connectivity index (χ1) is 13.3. The summed E-state index contributed by atoms with van der Waals surface area (Å²) >= 11 is 9.97. The molecule has 1 heterocycles. The van der Waals surface area contributed by atoms with Gasteiger partial charge in [-0.1, -0.05) is 42.2 Å². The van der Waals surface area contributed by atoms with E-state index in [2.05, 4.69) is 15.9 Å². The summed E-state index contributed by atoms with van der Waals surface area (Å²) in [6, 6.07) is 11.5. The highest BCUT2D eigenvalue weighted by Gasteiger charge is 2.33. The van der Waals surface area contributed by atoms with E-state index in [9.17, 15) is 14.7 Å². The van der Waals surface area contributed by atoms with Crippen LogP contribution >= 0.6 is 39.9 Å². The third-order valence-electron chi connectivity index (χ3n) is 3.75. The van der Waals surface area contributed by atoms with Crippen LogP contribution in [0.3, 0.4) is 0 Å². The molecule has 1 saturated heterocycles. The number of rotatable bonds is 5. The molecule has 2 aromatic carbocycles. The Bertz CT molecular complexity index is 1000. The van der Waals surface area contributed by atoms with Gasteiger partial charge in [0.1, 0.15) is 5.75 Å². The van der Waals surface area contributed by atoms with Crippen molar-refractivity contribution in [2.75, 3.05) is 4.90 Å². The van der Waals surface area contributed by atoms with Crippen LogP contribution in [0.5, 0.6) is 5.75 Å². The fourth-order valence-electron chi connectivity index (χ4n) is 2.57. The molecule has 2 aromatic rings. The lowest BCUT2D eigenvalue weighted by Crippen LogP contribution is -2.28. The van der Waals surface area contributed by atoms with Gasteiger partial charge in [-0.25, -0.2) is 0 Å². The molecule has 144 valence electrons. The molecule has 0 spiro atoms. The summed E-state index contributed by atoms with van der Waals surface area (Å²) in [5.41, 5.74) is 1.20. The van der Waals surface area contributed by atoms with Crippen LogP contribution in [0.4, 0.5) is 5.69 Å². The molecule has 0 saturated carbocycles. The summed E-state index contributed by atoms with van der Waals surface area (Å²) < 4.78 is 6.81. The van der Waals surface area contributed by atoms with Gasteiger partial charge in [-0.2, -0.15) is 0 Å². The Morgan fingerprint density at radius 2 is 2.04 bits per heavy atom. The second-order valence-corrected chi connectivity index (χ2v) is 8.74. The molecule has 8 heteroatoms. The lowest BCUT2D eigenvalue weighted by atomic mass is 10.1. The average molecular weight is 477 g/mol. The predicted octanol–water partition coefficient (Wildman–Crippen LogP) is 4.01. The number of ether oxygens (including phenoxy) is 1. The Hall–Kier alpha value is -2.16. The zero-order valence-corrected chi connectivity index (χ0v) is 18.2.